The van der Waals surface area contributed by atoms with E-state index in [-0.39, 0.29) is 0 Å². The molecule has 0 aliphatic rings. The van der Waals surface area contributed by atoms with Crippen LogP contribution in [-0.2, 0) is 0 Å². The minimum absolute atomic E-state index is 0.418. The molecule has 0 bridgehead atoms. The van der Waals surface area contributed by atoms with Gasteiger partial charge in [0.15, 0.2) is 0 Å². The first-order valence-electron chi connectivity index (χ1n) is 7.73. The van der Waals surface area contributed by atoms with Gasteiger partial charge >= 0.3 is 0 Å². The van der Waals surface area contributed by atoms with E-state index in [0.717, 1.165) is 11.0 Å². The number of hydrogen-bond donors (Lipinski definition) is 1. The number of hydrogen-bond acceptors (Lipinski definition) is 1. The molecule has 1 heterocycles. The van der Waals surface area contributed by atoms with Gasteiger partial charge in [0.05, 0.1) is 17.4 Å². The van der Waals surface area contributed by atoms with E-state index in [4.69, 9.17) is 0 Å². The fraction of sp³-hybridized carbons (Fsp3) is 0.250. The Morgan fingerprint density at radius 2 is 1.95 bits per heavy atom. The average molecular weight is 292 g/mol. The van der Waals surface area contributed by atoms with Crippen molar-refractivity contribution in [2.24, 2.45) is 0 Å². The molecule has 0 atom stereocenters. The van der Waals surface area contributed by atoms with Gasteiger partial charge in [0.2, 0.25) is 0 Å². The number of aromatic nitrogens is 2. The Kier molecular flexibility index (Phi) is 5.16. The normalized spacial score (nSPS) is 14.2. The van der Waals surface area contributed by atoms with Crippen LogP contribution in [0.5, 0.6) is 0 Å². The molecule has 0 saturated carbocycles. The van der Waals surface area contributed by atoms with E-state index in [2.05, 4.69) is 61.6 Å². The summed E-state index contributed by atoms with van der Waals surface area (Å²) in [5.74, 6) is 0.418. The number of fused-ring (bicyclic) bond motifs is 1. The van der Waals surface area contributed by atoms with E-state index < -0.39 is 0 Å². The fourth-order valence-corrected chi connectivity index (χ4v) is 2.89. The van der Waals surface area contributed by atoms with Crippen LogP contribution in [0, 0.1) is 0 Å². The molecule has 0 radical (unpaired) electrons. The fourth-order valence-electron chi connectivity index (χ4n) is 2.89. The lowest BCUT2D eigenvalue weighted by molar-refractivity contribution is 0.856. The molecular weight excluding hydrogens is 268 g/mol. The molecule has 0 fully saturated rings. The maximum Gasteiger partial charge on any atom is 0.0967 e. The first kappa shape index (κ1) is 16.0. The van der Waals surface area contributed by atoms with Crippen molar-refractivity contribution < 1.29 is 0 Å². The number of rotatable bonds is 4. The van der Waals surface area contributed by atoms with E-state index in [1.165, 1.54) is 21.6 Å². The lowest BCUT2D eigenvalue weighted by Gasteiger charge is -2.13. The van der Waals surface area contributed by atoms with E-state index in [9.17, 15) is 0 Å². The summed E-state index contributed by atoms with van der Waals surface area (Å²) < 4.78 is 0. The van der Waals surface area contributed by atoms with Crippen LogP contribution in [0.3, 0.4) is 0 Å². The minimum atomic E-state index is 0.418. The zero-order valence-electron chi connectivity index (χ0n) is 13.9. The Morgan fingerprint density at radius 3 is 2.55 bits per heavy atom. The van der Waals surface area contributed by atoms with Gasteiger partial charge in [-0.1, -0.05) is 63.0 Å². The third-order valence-electron chi connectivity index (χ3n) is 3.75. The van der Waals surface area contributed by atoms with Crippen molar-refractivity contribution in [3.05, 3.63) is 58.8 Å². The van der Waals surface area contributed by atoms with Crippen LogP contribution in [0.4, 0.5) is 0 Å². The van der Waals surface area contributed by atoms with Crippen molar-refractivity contribution in [3.8, 4) is 0 Å². The van der Waals surface area contributed by atoms with Crippen LogP contribution >= 0.6 is 0 Å². The molecule has 0 amide bonds. The topological polar surface area (TPSA) is 28.7 Å². The molecule has 0 aliphatic heterocycles. The van der Waals surface area contributed by atoms with Crippen molar-refractivity contribution in [2.45, 2.75) is 33.6 Å². The zero-order chi connectivity index (χ0) is 16.1. The summed E-state index contributed by atoms with van der Waals surface area (Å²) in [6, 6.07) is 0. The largest absolute Gasteiger partial charge is 0.344 e. The monoisotopic (exact) mass is 292 g/mol. The van der Waals surface area contributed by atoms with Crippen LogP contribution in [0.2, 0.25) is 0 Å². The molecular formula is C20H24N2. The smallest absolute Gasteiger partial charge is 0.0967 e. The second-order valence-corrected chi connectivity index (χ2v) is 5.51. The highest BCUT2D eigenvalue weighted by molar-refractivity contribution is 5.88. The number of nitrogens with zero attached hydrogens (tertiary/aromatic N) is 1. The second-order valence-electron chi connectivity index (χ2n) is 5.51. The highest BCUT2D eigenvalue weighted by Gasteiger charge is 2.14. The maximum absolute atomic E-state index is 4.55. The zero-order valence-corrected chi connectivity index (χ0v) is 13.9. The summed E-state index contributed by atoms with van der Waals surface area (Å²) in [6.45, 7) is 12.4. The van der Waals surface area contributed by atoms with Gasteiger partial charge in [-0.2, -0.15) is 0 Å². The highest BCUT2D eigenvalue weighted by atomic mass is 14.9. The summed E-state index contributed by atoms with van der Waals surface area (Å²) in [4.78, 5) is 7.85. The van der Waals surface area contributed by atoms with Gasteiger partial charge in [0.1, 0.15) is 0 Å². The summed E-state index contributed by atoms with van der Waals surface area (Å²) in [5.41, 5.74) is 4.64. The molecule has 0 saturated heterocycles. The molecule has 2 heteroatoms. The summed E-state index contributed by atoms with van der Waals surface area (Å²) in [7, 11) is 0. The SMILES string of the molecule is C=C/C=C\c1c(C(C)C)c(=C/C)/c(=C\C=C/C)c2nc[nH]c12. The van der Waals surface area contributed by atoms with Crippen LogP contribution in [0.25, 0.3) is 29.3 Å². The molecule has 0 spiro atoms. The summed E-state index contributed by atoms with van der Waals surface area (Å²) in [6.07, 6.45) is 16.1. The molecule has 0 aliphatic carbocycles. The van der Waals surface area contributed by atoms with E-state index in [1.807, 2.05) is 25.2 Å². The lowest BCUT2D eigenvalue weighted by atomic mass is 9.91. The molecule has 2 aromatic rings. The van der Waals surface area contributed by atoms with Gasteiger partial charge in [-0.3, -0.25) is 0 Å². The molecule has 0 unspecified atom stereocenters. The maximum atomic E-state index is 4.55. The van der Waals surface area contributed by atoms with Gasteiger partial charge in [-0.15, -0.1) is 0 Å². The van der Waals surface area contributed by atoms with Crippen LogP contribution < -0.4 is 10.4 Å². The van der Waals surface area contributed by atoms with Crippen LogP contribution in [0.1, 0.15) is 44.7 Å². The van der Waals surface area contributed by atoms with E-state index in [1.54, 1.807) is 6.33 Å². The first-order valence-corrected chi connectivity index (χ1v) is 7.73. The molecule has 1 N–H and O–H groups in total. The van der Waals surface area contributed by atoms with Crippen LogP contribution in [0.15, 0.2) is 37.2 Å². The number of H-pyrrole nitrogens is 1. The number of aromatic amines is 1. The highest BCUT2D eigenvalue weighted by Crippen LogP contribution is 2.22. The predicted octanol–water partition coefficient (Wildman–Crippen LogP) is 4.04. The van der Waals surface area contributed by atoms with E-state index >= 15 is 0 Å². The molecule has 2 nitrogen and oxygen atoms in total. The third-order valence-corrected chi connectivity index (χ3v) is 3.75. The molecule has 2 rings (SSSR count). The molecule has 114 valence electrons. The first-order chi connectivity index (χ1) is 10.7. The van der Waals surface area contributed by atoms with Crippen LogP contribution in [-0.4, -0.2) is 9.97 Å². The Balaban J connectivity index is 3.09. The van der Waals surface area contributed by atoms with Crippen molar-refractivity contribution >= 4 is 29.3 Å². The minimum Gasteiger partial charge on any atom is -0.344 e. The Morgan fingerprint density at radius 1 is 1.18 bits per heavy atom. The summed E-state index contributed by atoms with van der Waals surface area (Å²) in [5, 5.41) is 2.44. The third kappa shape index (κ3) is 2.82. The number of benzene rings is 1. The second kappa shape index (κ2) is 7.08. The lowest BCUT2D eigenvalue weighted by Crippen LogP contribution is -2.31. The molecule has 1 aromatic heterocycles. The standard InChI is InChI=1S/C20H24N2/c1-6-9-11-16-15(8-3)18(14(4)5)17(12-10-7-2)20-19(16)21-13-22-20/h6-14H,2H2,1,3-5H3,(H,21,22)/b9-6-,12-10-,15-8+,16-11+. The van der Waals surface area contributed by atoms with Crippen molar-refractivity contribution in [3.63, 3.8) is 0 Å². The van der Waals surface area contributed by atoms with Crippen molar-refractivity contribution in [1.29, 1.82) is 0 Å². The number of nitrogens with one attached hydrogen (secondary N) is 1. The van der Waals surface area contributed by atoms with Gasteiger partial charge in [0, 0.05) is 10.8 Å². The van der Waals surface area contributed by atoms with Gasteiger partial charge in [-0.05, 0) is 30.5 Å². The van der Waals surface area contributed by atoms with Gasteiger partial charge < -0.3 is 4.98 Å². The van der Waals surface area contributed by atoms with Crippen molar-refractivity contribution in [1.82, 2.24) is 9.97 Å². The molecule has 22 heavy (non-hydrogen) atoms. The summed E-state index contributed by atoms with van der Waals surface area (Å²) >= 11 is 0. The number of imidazole rings is 1. The quantitative estimate of drug-likeness (QED) is 0.846. The Hall–Kier alpha value is -2.35. The van der Waals surface area contributed by atoms with Crippen molar-refractivity contribution in [2.75, 3.05) is 0 Å². The number of allylic oxidation sites excluding steroid dienone is 4. The predicted molar refractivity (Wildman–Crippen MR) is 98.1 cm³/mol. The Bertz CT molecular complexity index is 846. The Labute approximate surface area is 132 Å². The van der Waals surface area contributed by atoms with E-state index in [0.29, 0.717) is 5.92 Å². The molecule has 1 aromatic carbocycles. The van der Waals surface area contributed by atoms with Gasteiger partial charge in [0.25, 0.3) is 0 Å². The van der Waals surface area contributed by atoms with Gasteiger partial charge in [-0.25, -0.2) is 4.98 Å². The average Bonchev–Trinajstić information content (AvgIpc) is 2.99.